The first kappa shape index (κ1) is 16.6. The van der Waals surface area contributed by atoms with Crippen LogP contribution < -0.4 is 0 Å². The lowest BCUT2D eigenvalue weighted by Gasteiger charge is -2.15. The number of hydrogen-bond acceptors (Lipinski definition) is 5. The van der Waals surface area contributed by atoms with Gasteiger partial charge in [0, 0.05) is 6.54 Å². The van der Waals surface area contributed by atoms with Crippen molar-refractivity contribution in [3.8, 4) is 0 Å². The number of nitrogens with zero attached hydrogens (tertiary/aromatic N) is 1. The molecule has 1 saturated heterocycles. The van der Waals surface area contributed by atoms with E-state index in [0.717, 1.165) is 0 Å². The summed E-state index contributed by atoms with van der Waals surface area (Å²) in [4.78, 5) is 36.2. The number of likely N-dealkylation sites (tertiary alicyclic amines) is 1. The van der Waals surface area contributed by atoms with Crippen LogP contribution in [0.25, 0.3) is 0 Å². The highest BCUT2D eigenvalue weighted by atomic mass is 35.5. The maximum absolute atomic E-state index is 11.9. The van der Waals surface area contributed by atoms with E-state index < -0.39 is 23.9 Å². The molecule has 1 aromatic carbocycles. The Kier molecular flexibility index (Phi) is 5.26. The fraction of sp³-hybridized carbons (Fsp3) is 0.357. The van der Waals surface area contributed by atoms with Crippen molar-refractivity contribution >= 4 is 41.0 Å². The van der Waals surface area contributed by atoms with Crippen LogP contribution in [-0.2, 0) is 25.6 Å². The first-order valence-electron chi connectivity index (χ1n) is 6.52. The lowest BCUT2D eigenvalue weighted by atomic mass is 10.2. The molecule has 2 rings (SSSR count). The Morgan fingerprint density at radius 1 is 1.32 bits per heavy atom. The van der Waals surface area contributed by atoms with Crippen LogP contribution in [0.5, 0.6) is 0 Å². The van der Waals surface area contributed by atoms with Crippen molar-refractivity contribution in [1.29, 1.82) is 0 Å². The molecule has 0 spiro atoms. The number of amides is 1. The maximum atomic E-state index is 11.9. The molecule has 1 amide bonds. The van der Waals surface area contributed by atoms with Crippen molar-refractivity contribution in [1.82, 2.24) is 4.90 Å². The average molecular weight is 346 g/mol. The molecular weight excluding hydrogens is 333 g/mol. The molecule has 1 aromatic rings. The van der Waals surface area contributed by atoms with Crippen molar-refractivity contribution in [3.63, 3.8) is 0 Å². The molecule has 0 saturated carbocycles. The zero-order chi connectivity index (χ0) is 16.3. The number of halogens is 2. The van der Waals surface area contributed by atoms with Crippen LogP contribution in [0.4, 0.5) is 4.79 Å². The molecule has 0 N–H and O–H groups in total. The molecule has 0 bridgehead atoms. The molecule has 8 heteroatoms. The molecule has 6 nitrogen and oxygen atoms in total. The third-order valence-electron chi connectivity index (χ3n) is 3.03. The first-order valence-corrected chi connectivity index (χ1v) is 7.28. The minimum absolute atomic E-state index is 0.0171. The predicted octanol–water partition coefficient (Wildman–Crippen LogP) is 2.45. The fourth-order valence-corrected chi connectivity index (χ4v) is 2.33. The highest BCUT2D eigenvalue weighted by Crippen LogP contribution is 2.24. The second kappa shape index (κ2) is 6.98. The highest BCUT2D eigenvalue weighted by Gasteiger charge is 2.41. The SMILES string of the molecule is CCOC(=O)OC1CN(Cc2ccc(Cl)c(Cl)c2)C(=O)C1=O. The zero-order valence-corrected chi connectivity index (χ0v) is 13.2. The Hall–Kier alpha value is -1.79. The molecule has 22 heavy (non-hydrogen) atoms. The van der Waals surface area contributed by atoms with Gasteiger partial charge in [-0.3, -0.25) is 9.59 Å². The Morgan fingerprint density at radius 3 is 2.68 bits per heavy atom. The van der Waals surface area contributed by atoms with Crippen LogP contribution in [-0.4, -0.2) is 42.0 Å². The average Bonchev–Trinajstić information content (AvgIpc) is 2.71. The Balaban J connectivity index is 2.03. The van der Waals surface area contributed by atoms with Crippen LogP contribution in [0.3, 0.4) is 0 Å². The molecule has 1 unspecified atom stereocenters. The van der Waals surface area contributed by atoms with Crippen molar-refractivity contribution in [2.24, 2.45) is 0 Å². The number of rotatable bonds is 4. The van der Waals surface area contributed by atoms with Gasteiger partial charge in [-0.1, -0.05) is 29.3 Å². The van der Waals surface area contributed by atoms with Gasteiger partial charge >= 0.3 is 6.16 Å². The number of hydrogen-bond donors (Lipinski definition) is 0. The van der Waals surface area contributed by atoms with Crippen molar-refractivity contribution in [3.05, 3.63) is 33.8 Å². The summed E-state index contributed by atoms with van der Waals surface area (Å²) >= 11 is 11.7. The summed E-state index contributed by atoms with van der Waals surface area (Å²) in [5.41, 5.74) is 0.715. The molecule has 1 heterocycles. The summed E-state index contributed by atoms with van der Waals surface area (Å²) in [7, 11) is 0. The number of ether oxygens (including phenoxy) is 2. The molecule has 1 aliphatic heterocycles. The minimum atomic E-state index is -1.14. The summed E-state index contributed by atoms with van der Waals surface area (Å²) in [6.07, 6.45) is -2.11. The van der Waals surface area contributed by atoms with E-state index in [4.69, 9.17) is 27.9 Å². The highest BCUT2D eigenvalue weighted by molar-refractivity contribution is 6.42. The van der Waals surface area contributed by atoms with Gasteiger partial charge in [-0.25, -0.2) is 4.79 Å². The van der Waals surface area contributed by atoms with Crippen LogP contribution in [0.2, 0.25) is 10.0 Å². The monoisotopic (exact) mass is 345 g/mol. The molecule has 0 aromatic heterocycles. The summed E-state index contributed by atoms with van der Waals surface area (Å²) in [6, 6.07) is 4.92. The third kappa shape index (κ3) is 3.69. The molecule has 1 aliphatic rings. The molecule has 0 radical (unpaired) electrons. The van der Waals surface area contributed by atoms with Gasteiger partial charge in [0.25, 0.3) is 11.7 Å². The Bertz CT molecular complexity index is 619. The number of Topliss-reactive ketones (excluding diaryl/α,β-unsaturated/α-hetero) is 1. The summed E-state index contributed by atoms with van der Waals surface area (Å²) in [5.74, 6) is -1.48. The van der Waals surface area contributed by atoms with Gasteiger partial charge in [-0.15, -0.1) is 0 Å². The van der Waals surface area contributed by atoms with E-state index in [9.17, 15) is 14.4 Å². The number of ketones is 1. The zero-order valence-electron chi connectivity index (χ0n) is 11.7. The van der Waals surface area contributed by atoms with Gasteiger partial charge in [0.2, 0.25) is 0 Å². The first-order chi connectivity index (χ1) is 10.4. The second-order valence-electron chi connectivity index (χ2n) is 4.59. The molecule has 118 valence electrons. The smallest absolute Gasteiger partial charge is 0.435 e. The summed E-state index contributed by atoms with van der Waals surface area (Å²) < 4.78 is 9.42. The standard InChI is InChI=1S/C14H13Cl2NO5/c1-2-21-14(20)22-11-7-17(13(19)12(11)18)6-8-3-4-9(15)10(16)5-8/h3-5,11H,2,6-7H2,1H3. The van der Waals surface area contributed by atoms with E-state index >= 15 is 0 Å². The van der Waals surface area contributed by atoms with Crippen molar-refractivity contribution in [2.45, 2.75) is 19.6 Å². The van der Waals surface area contributed by atoms with E-state index in [1.165, 1.54) is 4.90 Å². The van der Waals surface area contributed by atoms with Gasteiger partial charge in [-0.2, -0.15) is 0 Å². The number of benzene rings is 1. The second-order valence-corrected chi connectivity index (χ2v) is 5.40. The largest absolute Gasteiger partial charge is 0.509 e. The lowest BCUT2D eigenvalue weighted by molar-refractivity contribution is -0.142. The topological polar surface area (TPSA) is 72.9 Å². The molecule has 0 aliphatic carbocycles. The quantitative estimate of drug-likeness (QED) is 0.619. The lowest BCUT2D eigenvalue weighted by Crippen LogP contribution is -2.27. The number of carbonyl (C=O) groups is 3. The fourth-order valence-electron chi connectivity index (χ4n) is 2.01. The third-order valence-corrected chi connectivity index (χ3v) is 3.77. The van der Waals surface area contributed by atoms with Gasteiger partial charge in [0.05, 0.1) is 23.2 Å². The van der Waals surface area contributed by atoms with E-state index in [1.807, 2.05) is 0 Å². The van der Waals surface area contributed by atoms with Crippen LogP contribution >= 0.6 is 23.2 Å². The van der Waals surface area contributed by atoms with E-state index in [1.54, 1.807) is 25.1 Å². The van der Waals surface area contributed by atoms with E-state index in [-0.39, 0.29) is 19.7 Å². The van der Waals surface area contributed by atoms with E-state index in [0.29, 0.717) is 15.6 Å². The van der Waals surface area contributed by atoms with Gasteiger partial charge in [0.1, 0.15) is 0 Å². The summed E-state index contributed by atoms with van der Waals surface area (Å²) in [5, 5.41) is 0.759. The maximum Gasteiger partial charge on any atom is 0.509 e. The van der Waals surface area contributed by atoms with Gasteiger partial charge in [0.15, 0.2) is 6.10 Å². The van der Waals surface area contributed by atoms with Gasteiger partial charge in [-0.05, 0) is 24.6 Å². The minimum Gasteiger partial charge on any atom is -0.435 e. The van der Waals surface area contributed by atoms with Crippen molar-refractivity contribution < 1.29 is 23.9 Å². The van der Waals surface area contributed by atoms with Gasteiger partial charge < -0.3 is 14.4 Å². The predicted molar refractivity (Wildman–Crippen MR) is 78.8 cm³/mol. The number of carbonyl (C=O) groups excluding carboxylic acids is 3. The molecule has 1 fully saturated rings. The molecular formula is C14H13Cl2NO5. The van der Waals surface area contributed by atoms with Crippen molar-refractivity contribution in [2.75, 3.05) is 13.2 Å². The van der Waals surface area contributed by atoms with Crippen LogP contribution in [0.15, 0.2) is 18.2 Å². The Morgan fingerprint density at radius 2 is 2.05 bits per heavy atom. The van der Waals surface area contributed by atoms with Crippen LogP contribution in [0.1, 0.15) is 12.5 Å². The summed E-state index contributed by atoms with van der Waals surface area (Å²) in [6.45, 7) is 1.89. The molecule has 1 atom stereocenters. The van der Waals surface area contributed by atoms with E-state index in [2.05, 4.69) is 4.74 Å². The normalized spacial score (nSPS) is 17.8. The Labute approximate surface area is 136 Å². The van der Waals surface area contributed by atoms with Crippen LogP contribution in [0, 0.1) is 0 Å².